The zero-order valence-corrected chi connectivity index (χ0v) is 12.8. The maximum Gasteiger partial charge on any atom is -0.0326 e. The summed E-state index contributed by atoms with van der Waals surface area (Å²) in [5.74, 6) is 0. The van der Waals surface area contributed by atoms with E-state index in [1.807, 2.05) is 0 Å². The standard InChI is InChI=1S/C12H27P.H3P/c1-4-7-10-13(11-8-5-2)12-9-6-3;/h4-12H2,1-3H3;1H3. The van der Waals surface area contributed by atoms with Gasteiger partial charge in [-0.3, -0.25) is 0 Å². The van der Waals surface area contributed by atoms with Crippen LogP contribution in [0.1, 0.15) is 59.3 Å². The Morgan fingerprint density at radius 1 is 0.643 bits per heavy atom. The third-order valence-corrected chi connectivity index (χ3v) is 5.33. The van der Waals surface area contributed by atoms with E-state index in [2.05, 4.69) is 20.8 Å². The number of rotatable bonds is 9. The highest BCUT2D eigenvalue weighted by Crippen LogP contribution is 2.38. The minimum atomic E-state index is 0. The zero-order chi connectivity index (χ0) is 9.94. The minimum absolute atomic E-state index is 0. The lowest BCUT2D eigenvalue weighted by atomic mass is 10.4. The van der Waals surface area contributed by atoms with E-state index >= 15 is 0 Å². The Morgan fingerprint density at radius 2 is 0.929 bits per heavy atom. The first kappa shape index (κ1) is 17.3. The maximum atomic E-state index is 2.31. The first-order valence-corrected chi connectivity index (χ1v) is 7.97. The van der Waals surface area contributed by atoms with E-state index in [1.54, 1.807) is 18.5 Å². The van der Waals surface area contributed by atoms with Gasteiger partial charge >= 0.3 is 0 Å². The molecule has 14 heavy (non-hydrogen) atoms. The van der Waals surface area contributed by atoms with Gasteiger partial charge in [0, 0.05) is 0 Å². The molecule has 0 amide bonds. The fourth-order valence-electron chi connectivity index (χ4n) is 1.48. The van der Waals surface area contributed by atoms with E-state index in [1.165, 1.54) is 38.5 Å². The van der Waals surface area contributed by atoms with Crippen LogP contribution in [0.25, 0.3) is 0 Å². The second-order valence-electron chi connectivity index (χ2n) is 3.90. The molecule has 0 aliphatic rings. The van der Waals surface area contributed by atoms with Crippen LogP contribution in [0.15, 0.2) is 0 Å². The van der Waals surface area contributed by atoms with E-state index in [0.717, 1.165) is 0 Å². The molecule has 0 rings (SSSR count). The molecule has 0 aromatic carbocycles. The van der Waals surface area contributed by atoms with Crippen LogP contribution in [-0.4, -0.2) is 18.5 Å². The molecular weight excluding hydrogens is 206 g/mol. The van der Waals surface area contributed by atoms with Crippen LogP contribution in [-0.2, 0) is 0 Å². The molecule has 0 radical (unpaired) electrons. The van der Waals surface area contributed by atoms with E-state index in [4.69, 9.17) is 0 Å². The van der Waals surface area contributed by atoms with Crippen molar-refractivity contribution in [1.29, 1.82) is 0 Å². The molecule has 0 saturated heterocycles. The SMILES string of the molecule is CCCCP(CCCC)CCCC.P. The third-order valence-electron chi connectivity index (χ3n) is 2.48. The third kappa shape index (κ3) is 10.9. The topological polar surface area (TPSA) is 0 Å². The van der Waals surface area contributed by atoms with Crippen molar-refractivity contribution in [2.75, 3.05) is 18.5 Å². The summed E-state index contributed by atoms with van der Waals surface area (Å²) < 4.78 is 0. The quantitative estimate of drug-likeness (QED) is 0.498. The highest BCUT2D eigenvalue weighted by Gasteiger charge is 2.05. The average Bonchev–Trinajstić information content (AvgIpc) is 2.17. The molecule has 0 fully saturated rings. The summed E-state index contributed by atoms with van der Waals surface area (Å²) in [5, 5.41) is 0. The van der Waals surface area contributed by atoms with Crippen LogP contribution in [0.5, 0.6) is 0 Å². The van der Waals surface area contributed by atoms with Crippen LogP contribution in [0.2, 0.25) is 0 Å². The molecule has 0 N–H and O–H groups in total. The second kappa shape index (κ2) is 13.9. The predicted octanol–water partition coefficient (Wildman–Crippen LogP) is 4.93. The first-order valence-electron chi connectivity index (χ1n) is 6.07. The lowest BCUT2D eigenvalue weighted by Crippen LogP contribution is -1.95. The molecule has 0 heterocycles. The predicted molar refractivity (Wildman–Crippen MR) is 77.4 cm³/mol. The molecule has 2 heteroatoms. The summed E-state index contributed by atoms with van der Waals surface area (Å²) in [6.45, 7) is 6.94. The molecule has 88 valence electrons. The lowest BCUT2D eigenvalue weighted by molar-refractivity contribution is 0.847. The van der Waals surface area contributed by atoms with Crippen LogP contribution in [0, 0.1) is 0 Å². The molecule has 1 atom stereocenters. The van der Waals surface area contributed by atoms with Gasteiger partial charge in [0.05, 0.1) is 0 Å². The van der Waals surface area contributed by atoms with Crippen molar-refractivity contribution in [2.45, 2.75) is 59.3 Å². The Balaban J connectivity index is 0. The normalized spacial score (nSPS) is 10.3. The molecule has 0 spiro atoms. The largest absolute Gasteiger partial charge is 0.153 e. The summed E-state index contributed by atoms with van der Waals surface area (Å²) in [4.78, 5) is 0. The smallest absolute Gasteiger partial charge is 0.0326 e. The zero-order valence-electron chi connectivity index (χ0n) is 10.5. The average molecular weight is 236 g/mol. The highest BCUT2D eigenvalue weighted by atomic mass is 31.1. The molecule has 1 unspecified atom stereocenters. The fourth-order valence-corrected chi connectivity index (χ4v) is 4.44. The summed E-state index contributed by atoms with van der Waals surface area (Å²) in [5.41, 5.74) is 0. The fraction of sp³-hybridized carbons (Fsp3) is 1.00. The van der Waals surface area contributed by atoms with E-state index in [-0.39, 0.29) is 9.90 Å². The molecule has 0 aromatic rings. The molecule has 0 aromatic heterocycles. The van der Waals surface area contributed by atoms with Gasteiger partial charge in [0.25, 0.3) is 0 Å². The van der Waals surface area contributed by atoms with E-state index in [9.17, 15) is 0 Å². The van der Waals surface area contributed by atoms with Gasteiger partial charge in [-0.2, -0.15) is 9.90 Å². The molecule has 0 saturated carbocycles. The number of hydrogen-bond acceptors (Lipinski definition) is 0. The van der Waals surface area contributed by atoms with Crippen molar-refractivity contribution in [3.63, 3.8) is 0 Å². The number of unbranched alkanes of at least 4 members (excludes halogenated alkanes) is 3. The van der Waals surface area contributed by atoms with Crippen molar-refractivity contribution in [1.82, 2.24) is 0 Å². The van der Waals surface area contributed by atoms with Gasteiger partial charge in [-0.25, -0.2) is 0 Å². The number of hydrogen-bond donors (Lipinski definition) is 0. The highest BCUT2D eigenvalue weighted by molar-refractivity contribution is 7.57. The molecule has 0 aliphatic heterocycles. The van der Waals surface area contributed by atoms with Gasteiger partial charge in [-0.05, 0) is 37.7 Å². The Kier molecular flexibility index (Phi) is 17.1. The van der Waals surface area contributed by atoms with Gasteiger partial charge in [0.15, 0.2) is 0 Å². The van der Waals surface area contributed by atoms with Crippen molar-refractivity contribution in [3.8, 4) is 0 Å². The van der Waals surface area contributed by atoms with E-state index in [0.29, 0.717) is 7.92 Å². The second-order valence-corrected chi connectivity index (χ2v) is 6.59. The van der Waals surface area contributed by atoms with E-state index < -0.39 is 0 Å². The van der Waals surface area contributed by atoms with Gasteiger partial charge in [-0.15, -0.1) is 7.92 Å². The molecule has 0 nitrogen and oxygen atoms in total. The van der Waals surface area contributed by atoms with Crippen LogP contribution >= 0.6 is 17.8 Å². The van der Waals surface area contributed by atoms with Crippen molar-refractivity contribution in [3.05, 3.63) is 0 Å². The Morgan fingerprint density at radius 3 is 1.14 bits per heavy atom. The maximum absolute atomic E-state index is 2.31. The van der Waals surface area contributed by atoms with Crippen LogP contribution < -0.4 is 0 Å². The lowest BCUT2D eigenvalue weighted by Gasteiger charge is -2.16. The van der Waals surface area contributed by atoms with Crippen LogP contribution in [0.3, 0.4) is 0 Å². The van der Waals surface area contributed by atoms with Crippen molar-refractivity contribution >= 4 is 17.8 Å². The Bertz CT molecular complexity index is 75.3. The van der Waals surface area contributed by atoms with Crippen LogP contribution in [0.4, 0.5) is 0 Å². The van der Waals surface area contributed by atoms with Crippen molar-refractivity contribution < 1.29 is 0 Å². The van der Waals surface area contributed by atoms with Crippen molar-refractivity contribution in [2.24, 2.45) is 0 Å². The summed E-state index contributed by atoms with van der Waals surface area (Å²) in [7, 11) is 0.422. The Hall–Kier alpha value is 0.860. The minimum Gasteiger partial charge on any atom is -0.153 e. The molecule has 0 aliphatic carbocycles. The van der Waals surface area contributed by atoms with Gasteiger partial charge in [0.1, 0.15) is 0 Å². The van der Waals surface area contributed by atoms with Gasteiger partial charge < -0.3 is 0 Å². The summed E-state index contributed by atoms with van der Waals surface area (Å²) in [6, 6.07) is 0. The van der Waals surface area contributed by atoms with Gasteiger partial charge in [-0.1, -0.05) is 40.0 Å². The summed E-state index contributed by atoms with van der Waals surface area (Å²) >= 11 is 0. The monoisotopic (exact) mass is 236 g/mol. The first-order chi connectivity index (χ1) is 6.35. The Labute approximate surface area is 96.0 Å². The molecular formula is C12H30P2. The molecule has 0 bridgehead atoms. The summed E-state index contributed by atoms with van der Waals surface area (Å²) in [6.07, 6.45) is 13.2. The van der Waals surface area contributed by atoms with Gasteiger partial charge in [0.2, 0.25) is 0 Å².